The maximum absolute atomic E-state index is 13.4. The minimum absolute atomic E-state index is 0.0141. The molecular formula is C16H16Cl2FN. The minimum Gasteiger partial charge on any atom is -0.313 e. The highest BCUT2D eigenvalue weighted by molar-refractivity contribution is 6.35. The predicted molar refractivity (Wildman–Crippen MR) is 83.1 cm³/mol. The van der Waals surface area contributed by atoms with Gasteiger partial charge in [-0.05, 0) is 61.3 Å². The van der Waals surface area contributed by atoms with E-state index in [2.05, 4.69) is 5.32 Å². The van der Waals surface area contributed by atoms with E-state index in [4.69, 9.17) is 23.2 Å². The quantitative estimate of drug-likeness (QED) is 0.843. The van der Waals surface area contributed by atoms with Crippen LogP contribution in [0.25, 0.3) is 0 Å². The summed E-state index contributed by atoms with van der Waals surface area (Å²) in [4.78, 5) is 0. The first-order valence-corrected chi connectivity index (χ1v) is 7.14. The van der Waals surface area contributed by atoms with Crippen LogP contribution >= 0.6 is 23.2 Å². The van der Waals surface area contributed by atoms with Crippen LogP contribution in [-0.4, -0.2) is 7.05 Å². The summed E-state index contributed by atoms with van der Waals surface area (Å²) < 4.78 is 13.4. The second kappa shape index (κ2) is 6.57. The van der Waals surface area contributed by atoms with Crippen LogP contribution in [0.15, 0.2) is 36.4 Å². The smallest absolute Gasteiger partial charge is 0.123 e. The number of halogens is 3. The summed E-state index contributed by atoms with van der Waals surface area (Å²) in [5.74, 6) is -0.220. The molecule has 1 atom stereocenters. The standard InChI is InChI=1S/C16H16Cl2FN/c1-10-3-5-13(19)7-11(10)8-16(20-2)14-6-4-12(17)9-15(14)18/h3-7,9,16,20H,8H2,1-2H3. The normalized spacial score (nSPS) is 12.4. The molecule has 0 amide bonds. The molecule has 0 aliphatic heterocycles. The maximum atomic E-state index is 13.4. The average molecular weight is 312 g/mol. The lowest BCUT2D eigenvalue weighted by molar-refractivity contribution is 0.582. The Hall–Kier alpha value is -1.09. The number of hydrogen-bond donors (Lipinski definition) is 1. The van der Waals surface area contributed by atoms with Crippen molar-refractivity contribution in [3.05, 3.63) is 69.0 Å². The Balaban J connectivity index is 2.31. The van der Waals surface area contributed by atoms with E-state index < -0.39 is 0 Å². The molecule has 0 spiro atoms. The molecule has 20 heavy (non-hydrogen) atoms. The van der Waals surface area contributed by atoms with E-state index in [0.717, 1.165) is 16.7 Å². The predicted octanol–water partition coefficient (Wildman–Crippen LogP) is 4.94. The first-order valence-electron chi connectivity index (χ1n) is 6.38. The topological polar surface area (TPSA) is 12.0 Å². The van der Waals surface area contributed by atoms with Gasteiger partial charge in [0.05, 0.1) is 0 Å². The Morgan fingerprint density at radius 3 is 2.55 bits per heavy atom. The molecular weight excluding hydrogens is 296 g/mol. The molecule has 1 nitrogen and oxygen atoms in total. The number of nitrogens with one attached hydrogen (secondary N) is 1. The van der Waals surface area contributed by atoms with Crippen molar-refractivity contribution in [2.45, 2.75) is 19.4 Å². The third-order valence-electron chi connectivity index (χ3n) is 3.42. The number of likely N-dealkylation sites (N-methyl/N-ethyl adjacent to an activating group) is 1. The lowest BCUT2D eigenvalue weighted by Crippen LogP contribution is -2.19. The summed E-state index contributed by atoms with van der Waals surface area (Å²) in [6.45, 7) is 1.98. The number of benzene rings is 2. The van der Waals surface area contributed by atoms with E-state index in [1.165, 1.54) is 6.07 Å². The first-order chi connectivity index (χ1) is 9.51. The summed E-state index contributed by atoms with van der Waals surface area (Å²) in [6.07, 6.45) is 0.668. The Labute approximate surface area is 128 Å². The van der Waals surface area contributed by atoms with E-state index in [1.807, 2.05) is 26.1 Å². The summed E-state index contributed by atoms with van der Waals surface area (Å²) in [7, 11) is 1.87. The molecule has 1 N–H and O–H groups in total. The van der Waals surface area contributed by atoms with Crippen LogP contribution in [0.1, 0.15) is 22.7 Å². The molecule has 2 aromatic rings. The van der Waals surface area contributed by atoms with Gasteiger partial charge in [0.15, 0.2) is 0 Å². The summed E-state index contributed by atoms with van der Waals surface area (Å²) >= 11 is 12.2. The lowest BCUT2D eigenvalue weighted by Gasteiger charge is -2.19. The van der Waals surface area contributed by atoms with Crippen molar-refractivity contribution in [3.63, 3.8) is 0 Å². The van der Waals surface area contributed by atoms with E-state index in [0.29, 0.717) is 16.5 Å². The van der Waals surface area contributed by atoms with Gasteiger partial charge in [-0.3, -0.25) is 0 Å². The fourth-order valence-electron chi connectivity index (χ4n) is 2.23. The minimum atomic E-state index is -0.220. The summed E-state index contributed by atoms with van der Waals surface area (Å²) in [5, 5.41) is 4.45. The molecule has 0 saturated heterocycles. The number of aryl methyl sites for hydroxylation is 1. The van der Waals surface area contributed by atoms with Crippen LogP contribution in [-0.2, 0) is 6.42 Å². The Morgan fingerprint density at radius 2 is 1.90 bits per heavy atom. The fraction of sp³-hybridized carbons (Fsp3) is 0.250. The van der Waals surface area contributed by atoms with Gasteiger partial charge in [0.1, 0.15) is 5.82 Å². The van der Waals surface area contributed by atoms with Crippen molar-refractivity contribution in [1.29, 1.82) is 0 Å². The second-order valence-electron chi connectivity index (χ2n) is 4.78. The third kappa shape index (κ3) is 3.51. The van der Waals surface area contributed by atoms with Crippen LogP contribution in [0.3, 0.4) is 0 Å². The molecule has 106 valence electrons. The zero-order valence-corrected chi connectivity index (χ0v) is 12.9. The van der Waals surface area contributed by atoms with Crippen molar-refractivity contribution < 1.29 is 4.39 Å². The van der Waals surface area contributed by atoms with Gasteiger partial charge in [-0.15, -0.1) is 0 Å². The Morgan fingerprint density at radius 1 is 1.15 bits per heavy atom. The molecule has 2 aromatic carbocycles. The molecule has 0 aliphatic carbocycles. The van der Waals surface area contributed by atoms with E-state index in [9.17, 15) is 4.39 Å². The van der Waals surface area contributed by atoms with E-state index >= 15 is 0 Å². The molecule has 0 heterocycles. The van der Waals surface area contributed by atoms with E-state index in [-0.39, 0.29) is 11.9 Å². The number of rotatable bonds is 4. The van der Waals surface area contributed by atoms with Crippen LogP contribution in [0.5, 0.6) is 0 Å². The third-order valence-corrected chi connectivity index (χ3v) is 3.98. The lowest BCUT2D eigenvalue weighted by atomic mass is 9.96. The van der Waals surface area contributed by atoms with Gasteiger partial charge >= 0.3 is 0 Å². The van der Waals surface area contributed by atoms with Crippen molar-refractivity contribution >= 4 is 23.2 Å². The molecule has 0 radical (unpaired) electrons. The summed E-state index contributed by atoms with van der Waals surface area (Å²) in [5.41, 5.74) is 2.99. The summed E-state index contributed by atoms with van der Waals surface area (Å²) in [6, 6.07) is 10.3. The van der Waals surface area contributed by atoms with Gasteiger partial charge in [-0.1, -0.05) is 35.3 Å². The van der Waals surface area contributed by atoms with Crippen molar-refractivity contribution in [1.82, 2.24) is 5.32 Å². The largest absolute Gasteiger partial charge is 0.313 e. The van der Waals surface area contributed by atoms with Crippen molar-refractivity contribution in [2.24, 2.45) is 0 Å². The Kier molecular flexibility index (Phi) is 5.03. The highest BCUT2D eigenvalue weighted by Crippen LogP contribution is 2.29. The van der Waals surface area contributed by atoms with Gasteiger partial charge in [-0.25, -0.2) is 4.39 Å². The Bertz CT molecular complexity index is 613. The highest BCUT2D eigenvalue weighted by Gasteiger charge is 2.15. The fourth-order valence-corrected chi connectivity index (χ4v) is 2.77. The van der Waals surface area contributed by atoms with E-state index in [1.54, 1.807) is 18.2 Å². The van der Waals surface area contributed by atoms with Gasteiger partial charge in [0.25, 0.3) is 0 Å². The molecule has 0 aliphatic rings. The SMILES string of the molecule is CNC(Cc1cc(F)ccc1C)c1ccc(Cl)cc1Cl. The van der Waals surface area contributed by atoms with Crippen LogP contribution in [0, 0.1) is 12.7 Å². The second-order valence-corrected chi connectivity index (χ2v) is 5.63. The highest BCUT2D eigenvalue weighted by atomic mass is 35.5. The van der Waals surface area contributed by atoms with Gasteiger partial charge in [0.2, 0.25) is 0 Å². The number of hydrogen-bond acceptors (Lipinski definition) is 1. The van der Waals surface area contributed by atoms with Gasteiger partial charge in [0, 0.05) is 16.1 Å². The van der Waals surface area contributed by atoms with Crippen LogP contribution in [0.2, 0.25) is 10.0 Å². The monoisotopic (exact) mass is 311 g/mol. The molecule has 2 rings (SSSR count). The van der Waals surface area contributed by atoms with Crippen LogP contribution in [0.4, 0.5) is 4.39 Å². The molecule has 0 bridgehead atoms. The zero-order chi connectivity index (χ0) is 14.7. The van der Waals surface area contributed by atoms with Crippen molar-refractivity contribution in [3.8, 4) is 0 Å². The maximum Gasteiger partial charge on any atom is 0.123 e. The average Bonchev–Trinajstić information content (AvgIpc) is 2.40. The first kappa shape index (κ1) is 15.3. The zero-order valence-electron chi connectivity index (χ0n) is 11.4. The van der Waals surface area contributed by atoms with Crippen molar-refractivity contribution in [2.75, 3.05) is 7.05 Å². The molecule has 0 saturated carbocycles. The molecule has 1 unspecified atom stereocenters. The van der Waals surface area contributed by atoms with Crippen LogP contribution < -0.4 is 5.32 Å². The molecule has 4 heteroatoms. The van der Waals surface area contributed by atoms with Gasteiger partial charge in [-0.2, -0.15) is 0 Å². The molecule has 0 aromatic heterocycles. The molecule has 0 fully saturated rings. The van der Waals surface area contributed by atoms with Gasteiger partial charge < -0.3 is 5.32 Å².